The maximum absolute atomic E-state index is 13.0. The number of rotatable bonds is 4. The summed E-state index contributed by atoms with van der Waals surface area (Å²) in [5.74, 6) is -0.570. The normalized spacial score (nSPS) is 22.5. The minimum absolute atomic E-state index is 0. The number of carbonyl (C=O) groups excluding carboxylic acids is 1. The highest BCUT2D eigenvalue weighted by molar-refractivity contribution is 6.42. The summed E-state index contributed by atoms with van der Waals surface area (Å²) >= 11 is 12.3. The number of nitrogens with one attached hydrogen (secondary N) is 2. The second kappa shape index (κ2) is 10.0. The van der Waals surface area contributed by atoms with Gasteiger partial charge in [0.05, 0.1) is 22.8 Å². The molecule has 0 unspecified atom stereocenters. The highest BCUT2D eigenvalue weighted by Gasteiger charge is 2.34. The van der Waals surface area contributed by atoms with Crippen LogP contribution in [0.2, 0.25) is 10.0 Å². The van der Waals surface area contributed by atoms with Gasteiger partial charge in [-0.3, -0.25) is 14.4 Å². The predicted molar refractivity (Wildman–Crippen MR) is 115 cm³/mol. The molecule has 2 aliphatic heterocycles. The van der Waals surface area contributed by atoms with Gasteiger partial charge in [-0.1, -0.05) is 29.3 Å². The van der Waals surface area contributed by atoms with Crippen molar-refractivity contribution < 1.29 is 14.1 Å². The van der Waals surface area contributed by atoms with Gasteiger partial charge in [0.25, 0.3) is 5.95 Å². The third-order valence-electron chi connectivity index (χ3n) is 5.19. The van der Waals surface area contributed by atoms with Crippen LogP contribution in [0.15, 0.2) is 27.5 Å². The summed E-state index contributed by atoms with van der Waals surface area (Å²) in [5, 5.41) is 7.99. The van der Waals surface area contributed by atoms with Gasteiger partial charge in [0.1, 0.15) is 0 Å². The Morgan fingerprint density at radius 1 is 1.20 bits per heavy atom. The zero-order valence-electron chi connectivity index (χ0n) is 16.0. The summed E-state index contributed by atoms with van der Waals surface area (Å²) in [6.07, 6.45) is 0.519. The number of ether oxygens (including phenoxy) is 1. The number of hydrogen-bond donors (Lipinski definition) is 2. The van der Waals surface area contributed by atoms with Crippen LogP contribution >= 0.6 is 35.6 Å². The van der Waals surface area contributed by atoms with Crippen LogP contribution in [-0.4, -0.2) is 66.5 Å². The van der Waals surface area contributed by atoms with E-state index in [0.29, 0.717) is 42.8 Å². The topological polar surface area (TPSA) is 104 Å². The standard InChI is InChI=1S/C18H21Cl2N5O4.ClH/c19-13-3-2-11(8-14(13)20)12-9-21-4-7-28-15(12)10-24-5-1-6-25(18(24)27)16-22-17(26)29-23-16;/h2-3,8,12,15,21H,1,4-7,9-10H2,(H,22,23,26);1H/t12-,15+;/m0./s1. The molecule has 0 radical (unpaired) electrons. The van der Waals surface area contributed by atoms with Gasteiger partial charge in [0.15, 0.2) is 0 Å². The summed E-state index contributed by atoms with van der Waals surface area (Å²) in [7, 11) is 0. The smallest absolute Gasteiger partial charge is 0.374 e. The monoisotopic (exact) mass is 477 g/mol. The van der Waals surface area contributed by atoms with Gasteiger partial charge in [0.2, 0.25) is 0 Å². The third-order valence-corrected chi connectivity index (χ3v) is 5.93. The van der Waals surface area contributed by atoms with E-state index in [4.69, 9.17) is 27.9 Å². The molecule has 3 heterocycles. The molecule has 2 aliphatic rings. The van der Waals surface area contributed by atoms with Crippen LogP contribution < -0.4 is 16.0 Å². The third kappa shape index (κ3) is 4.92. The van der Waals surface area contributed by atoms with Crippen molar-refractivity contribution in [3.05, 3.63) is 44.4 Å². The number of halogens is 3. The van der Waals surface area contributed by atoms with Gasteiger partial charge in [-0.05, 0) is 29.3 Å². The lowest BCUT2D eigenvalue weighted by Crippen LogP contribution is -2.53. The van der Waals surface area contributed by atoms with Crippen molar-refractivity contribution in [2.75, 3.05) is 44.2 Å². The van der Waals surface area contributed by atoms with E-state index in [9.17, 15) is 9.59 Å². The second-order valence-corrected chi connectivity index (χ2v) is 7.86. The van der Waals surface area contributed by atoms with Crippen LogP contribution in [0.1, 0.15) is 17.9 Å². The summed E-state index contributed by atoms with van der Waals surface area (Å²) in [4.78, 5) is 29.8. The molecule has 2 N–H and O–H groups in total. The van der Waals surface area contributed by atoms with E-state index >= 15 is 0 Å². The first kappa shape index (κ1) is 22.9. The molecule has 1 aromatic carbocycles. The molecule has 2 fully saturated rings. The number of urea groups is 1. The van der Waals surface area contributed by atoms with Gasteiger partial charge in [-0.2, -0.15) is 0 Å². The van der Waals surface area contributed by atoms with Crippen molar-refractivity contribution in [3.8, 4) is 0 Å². The van der Waals surface area contributed by atoms with Gasteiger partial charge in [-0.15, -0.1) is 12.4 Å². The maximum Gasteiger partial charge on any atom is 0.440 e. The van der Waals surface area contributed by atoms with Crippen molar-refractivity contribution >= 4 is 47.6 Å². The molecule has 2 amide bonds. The molecule has 0 spiro atoms. The van der Waals surface area contributed by atoms with E-state index in [-0.39, 0.29) is 36.4 Å². The number of H-pyrrole nitrogens is 1. The molecule has 2 aromatic rings. The van der Waals surface area contributed by atoms with E-state index in [1.165, 1.54) is 4.90 Å². The Morgan fingerprint density at radius 3 is 2.77 bits per heavy atom. The van der Waals surface area contributed by atoms with Gasteiger partial charge in [-0.25, -0.2) is 9.59 Å². The highest BCUT2D eigenvalue weighted by atomic mass is 35.5. The van der Waals surface area contributed by atoms with E-state index in [0.717, 1.165) is 18.5 Å². The van der Waals surface area contributed by atoms with Crippen LogP contribution in [0.5, 0.6) is 0 Å². The molecule has 12 heteroatoms. The first-order chi connectivity index (χ1) is 14.0. The largest absolute Gasteiger partial charge is 0.440 e. The number of amides is 2. The van der Waals surface area contributed by atoms with Crippen LogP contribution in [-0.2, 0) is 4.74 Å². The van der Waals surface area contributed by atoms with Crippen molar-refractivity contribution in [2.45, 2.75) is 18.4 Å². The fourth-order valence-electron chi connectivity index (χ4n) is 3.75. The number of benzene rings is 1. The molecule has 0 saturated carbocycles. The molecular formula is C18H22Cl3N5O4. The molecule has 4 rings (SSSR count). The van der Waals surface area contributed by atoms with Gasteiger partial charge < -0.3 is 15.0 Å². The van der Waals surface area contributed by atoms with Crippen LogP contribution in [0, 0.1) is 0 Å². The first-order valence-corrected chi connectivity index (χ1v) is 10.2. The molecule has 164 valence electrons. The van der Waals surface area contributed by atoms with Crippen molar-refractivity contribution in [1.82, 2.24) is 20.4 Å². The molecule has 1 aromatic heterocycles. The number of hydrogen-bond acceptors (Lipinski definition) is 6. The van der Waals surface area contributed by atoms with Crippen molar-refractivity contribution in [2.24, 2.45) is 0 Å². The quantitative estimate of drug-likeness (QED) is 0.700. The van der Waals surface area contributed by atoms with Crippen LogP contribution in [0.4, 0.5) is 10.7 Å². The van der Waals surface area contributed by atoms with E-state index in [1.54, 1.807) is 11.0 Å². The van der Waals surface area contributed by atoms with Crippen molar-refractivity contribution in [3.63, 3.8) is 0 Å². The zero-order chi connectivity index (χ0) is 20.4. The number of nitrogens with zero attached hydrogens (tertiary/aromatic N) is 3. The van der Waals surface area contributed by atoms with Crippen molar-refractivity contribution in [1.29, 1.82) is 0 Å². The molecular weight excluding hydrogens is 457 g/mol. The fourth-order valence-corrected chi connectivity index (χ4v) is 4.05. The first-order valence-electron chi connectivity index (χ1n) is 9.42. The Labute approximate surface area is 189 Å². The Kier molecular flexibility index (Phi) is 7.65. The SMILES string of the molecule is Cl.O=C1N(C[C@H]2OCCNC[C@H]2c2ccc(Cl)c(Cl)c2)CCCN1c1noc(=O)[nH]1. The lowest BCUT2D eigenvalue weighted by atomic mass is 9.92. The average Bonchev–Trinajstić information content (AvgIpc) is 3.00. The Balaban J connectivity index is 0.00000256. The van der Waals surface area contributed by atoms with Gasteiger partial charge in [0, 0.05) is 38.6 Å². The zero-order valence-corrected chi connectivity index (χ0v) is 18.3. The molecule has 9 nitrogen and oxygen atoms in total. The maximum atomic E-state index is 13.0. The average molecular weight is 479 g/mol. The lowest BCUT2D eigenvalue weighted by molar-refractivity contribution is 0.0305. The highest BCUT2D eigenvalue weighted by Crippen LogP contribution is 2.30. The minimum Gasteiger partial charge on any atom is -0.374 e. The molecule has 30 heavy (non-hydrogen) atoms. The Bertz CT molecular complexity index is 937. The Hall–Kier alpha value is -1.78. The second-order valence-electron chi connectivity index (χ2n) is 7.05. The fraction of sp³-hybridized carbons (Fsp3) is 0.500. The summed E-state index contributed by atoms with van der Waals surface area (Å²) in [6, 6.07) is 5.32. The van der Waals surface area contributed by atoms with E-state index < -0.39 is 5.76 Å². The predicted octanol–water partition coefficient (Wildman–Crippen LogP) is 2.50. The number of aromatic nitrogens is 2. The molecule has 2 saturated heterocycles. The van der Waals surface area contributed by atoms with Crippen LogP contribution in [0.3, 0.4) is 0 Å². The van der Waals surface area contributed by atoms with Gasteiger partial charge >= 0.3 is 11.8 Å². The summed E-state index contributed by atoms with van der Waals surface area (Å²) in [5.41, 5.74) is 1.00. The molecule has 2 atom stereocenters. The number of carbonyl (C=O) groups is 1. The molecule has 0 aliphatic carbocycles. The number of aromatic amines is 1. The Morgan fingerprint density at radius 2 is 2.03 bits per heavy atom. The van der Waals surface area contributed by atoms with E-state index in [2.05, 4.69) is 20.0 Å². The molecule has 0 bridgehead atoms. The van der Waals surface area contributed by atoms with Crippen LogP contribution in [0.25, 0.3) is 0 Å². The lowest BCUT2D eigenvalue weighted by Gasteiger charge is -2.37. The van der Waals surface area contributed by atoms with E-state index in [1.807, 2.05) is 12.1 Å². The minimum atomic E-state index is -0.692. The summed E-state index contributed by atoms with van der Waals surface area (Å²) < 4.78 is 10.6. The summed E-state index contributed by atoms with van der Waals surface area (Å²) in [6.45, 7) is 3.44. The number of anilines is 1.